The van der Waals surface area contributed by atoms with Crippen molar-refractivity contribution in [3.63, 3.8) is 0 Å². The van der Waals surface area contributed by atoms with E-state index >= 15 is 0 Å². The van der Waals surface area contributed by atoms with Crippen LogP contribution in [0.4, 0.5) is 4.39 Å². The highest BCUT2D eigenvalue weighted by atomic mass is 35.5. The summed E-state index contributed by atoms with van der Waals surface area (Å²) in [5.74, 6) is -1.24. The van der Waals surface area contributed by atoms with Crippen LogP contribution in [0.2, 0.25) is 5.02 Å². The largest absolute Gasteiger partial charge is 0.389 e. The van der Waals surface area contributed by atoms with Gasteiger partial charge in [0.25, 0.3) is 5.91 Å². The number of carbonyl (C=O) groups excluding carboxylic acids is 2. The predicted molar refractivity (Wildman–Crippen MR) is 124 cm³/mol. The van der Waals surface area contributed by atoms with Gasteiger partial charge in [-0.15, -0.1) is 0 Å². The zero-order chi connectivity index (χ0) is 24.1. The summed E-state index contributed by atoms with van der Waals surface area (Å²) >= 11 is 5.89. The quantitative estimate of drug-likeness (QED) is 0.673. The highest BCUT2D eigenvalue weighted by molar-refractivity contribution is 6.30. The van der Waals surface area contributed by atoms with Gasteiger partial charge in [0.1, 0.15) is 11.9 Å². The maximum atomic E-state index is 14.3. The Balaban J connectivity index is 1.39. The third kappa shape index (κ3) is 6.13. The van der Waals surface area contributed by atoms with Crippen molar-refractivity contribution in [2.24, 2.45) is 0 Å². The number of amides is 2. The van der Waals surface area contributed by atoms with Crippen LogP contribution in [0.1, 0.15) is 35.2 Å². The first-order valence-electron chi connectivity index (χ1n) is 11.4. The molecule has 9 heteroatoms. The van der Waals surface area contributed by atoms with Gasteiger partial charge in [0, 0.05) is 18.1 Å². The van der Waals surface area contributed by atoms with Crippen molar-refractivity contribution in [1.82, 2.24) is 10.2 Å². The number of aliphatic hydroxyl groups is 1. The van der Waals surface area contributed by atoms with Gasteiger partial charge in [-0.1, -0.05) is 35.9 Å². The van der Waals surface area contributed by atoms with Gasteiger partial charge in [0.15, 0.2) is 0 Å². The molecule has 7 nitrogen and oxygen atoms in total. The molecule has 0 radical (unpaired) electrons. The molecule has 0 bridgehead atoms. The van der Waals surface area contributed by atoms with Gasteiger partial charge in [-0.25, -0.2) is 4.39 Å². The van der Waals surface area contributed by atoms with Crippen molar-refractivity contribution in [1.29, 1.82) is 0 Å². The van der Waals surface area contributed by atoms with Crippen LogP contribution in [0, 0.1) is 5.82 Å². The molecule has 0 aliphatic carbocycles. The lowest BCUT2D eigenvalue weighted by Gasteiger charge is -2.44. The lowest BCUT2D eigenvalue weighted by atomic mass is 9.94. The van der Waals surface area contributed by atoms with Gasteiger partial charge in [0.2, 0.25) is 5.91 Å². The van der Waals surface area contributed by atoms with E-state index in [4.69, 9.17) is 21.1 Å². The van der Waals surface area contributed by atoms with Crippen LogP contribution in [0.5, 0.6) is 0 Å². The van der Waals surface area contributed by atoms with Crippen LogP contribution in [-0.4, -0.2) is 65.9 Å². The Kier molecular flexibility index (Phi) is 8.15. The molecule has 2 amide bonds. The molecule has 2 aromatic rings. The SMILES string of the molecule is O=C(C[C@@H]1CC[C@H]2[C@@H](COC[C@@H](O)CN2C(=O)c2ccccc2F)O1)NCc1ccc(Cl)cc1. The molecule has 2 aliphatic rings. The normalized spacial score (nSPS) is 25.1. The Hall–Kier alpha value is -2.52. The third-order valence-corrected chi connectivity index (χ3v) is 6.41. The van der Waals surface area contributed by atoms with Crippen molar-refractivity contribution in [3.05, 3.63) is 70.5 Å². The summed E-state index contributed by atoms with van der Waals surface area (Å²) in [5.41, 5.74) is 0.898. The number of carbonyl (C=O) groups is 2. The summed E-state index contributed by atoms with van der Waals surface area (Å²) in [6, 6.07) is 12.7. The smallest absolute Gasteiger partial charge is 0.257 e. The van der Waals surface area contributed by atoms with Gasteiger partial charge in [0.05, 0.1) is 43.4 Å². The number of aliphatic hydroxyl groups excluding tert-OH is 1. The Labute approximate surface area is 202 Å². The zero-order valence-corrected chi connectivity index (χ0v) is 19.4. The first-order chi connectivity index (χ1) is 16.4. The lowest BCUT2D eigenvalue weighted by molar-refractivity contribution is -0.151. The average molecular weight is 491 g/mol. The van der Waals surface area contributed by atoms with Crippen LogP contribution >= 0.6 is 11.6 Å². The van der Waals surface area contributed by atoms with Crippen LogP contribution in [-0.2, 0) is 20.8 Å². The molecular formula is C25H28ClFN2O5. The number of benzene rings is 2. The molecule has 4 rings (SSSR count). The summed E-state index contributed by atoms with van der Waals surface area (Å²) in [4.78, 5) is 27.2. The Morgan fingerprint density at radius 1 is 1.12 bits per heavy atom. The summed E-state index contributed by atoms with van der Waals surface area (Å²) in [7, 11) is 0. The lowest BCUT2D eigenvalue weighted by Crippen LogP contribution is -2.57. The van der Waals surface area contributed by atoms with E-state index in [9.17, 15) is 19.1 Å². The number of hydrogen-bond donors (Lipinski definition) is 2. The average Bonchev–Trinajstić information content (AvgIpc) is 2.81. The molecule has 0 spiro atoms. The predicted octanol–water partition coefficient (Wildman–Crippen LogP) is 2.94. The Morgan fingerprint density at radius 3 is 2.65 bits per heavy atom. The molecule has 0 aromatic heterocycles. The Morgan fingerprint density at radius 2 is 1.88 bits per heavy atom. The van der Waals surface area contributed by atoms with Crippen molar-refractivity contribution in [2.45, 2.75) is 50.2 Å². The van der Waals surface area contributed by atoms with Gasteiger partial charge >= 0.3 is 0 Å². The fourth-order valence-electron chi connectivity index (χ4n) is 4.45. The van der Waals surface area contributed by atoms with E-state index in [2.05, 4.69) is 5.32 Å². The minimum atomic E-state index is -0.881. The van der Waals surface area contributed by atoms with E-state index in [1.807, 2.05) is 12.1 Å². The van der Waals surface area contributed by atoms with Crippen molar-refractivity contribution in [2.75, 3.05) is 19.8 Å². The molecule has 0 saturated carbocycles. The van der Waals surface area contributed by atoms with E-state index in [0.717, 1.165) is 5.56 Å². The fraction of sp³-hybridized carbons (Fsp3) is 0.440. The topological polar surface area (TPSA) is 88.1 Å². The molecule has 182 valence electrons. The molecular weight excluding hydrogens is 463 g/mol. The second-order valence-corrected chi connectivity index (χ2v) is 9.11. The summed E-state index contributed by atoms with van der Waals surface area (Å²) in [6.07, 6.45) is -0.410. The van der Waals surface area contributed by atoms with Gasteiger partial charge in [-0.05, 0) is 42.7 Å². The second kappa shape index (κ2) is 11.3. The van der Waals surface area contributed by atoms with Crippen LogP contribution in [0.3, 0.4) is 0 Å². The number of hydrogen-bond acceptors (Lipinski definition) is 5. The van der Waals surface area contributed by atoms with E-state index in [0.29, 0.717) is 24.4 Å². The number of nitrogens with zero attached hydrogens (tertiary/aromatic N) is 1. The van der Waals surface area contributed by atoms with Crippen LogP contribution in [0.25, 0.3) is 0 Å². The monoisotopic (exact) mass is 490 g/mol. The van der Waals surface area contributed by atoms with Crippen molar-refractivity contribution in [3.8, 4) is 0 Å². The molecule has 0 unspecified atom stereocenters. The Bertz CT molecular complexity index is 1010. The number of fused-ring (bicyclic) bond motifs is 1. The second-order valence-electron chi connectivity index (χ2n) is 8.68. The standard InChI is InChI=1S/C25H28ClFN2O5/c26-17-7-5-16(6-8-17)12-28-24(31)11-19-9-10-22-23(34-19)15-33-14-18(30)13-29(22)25(32)20-3-1-2-4-21(20)27/h1-8,18-19,22-23,30H,9-15H2,(H,28,31)/t18-,19-,22-,23+/m0/s1. The summed E-state index contributed by atoms with van der Waals surface area (Å²) < 4.78 is 26.1. The number of ether oxygens (including phenoxy) is 2. The molecule has 2 aromatic carbocycles. The van der Waals surface area contributed by atoms with Crippen molar-refractivity contribution < 1.29 is 28.6 Å². The number of rotatable bonds is 5. The minimum Gasteiger partial charge on any atom is -0.389 e. The molecule has 2 saturated heterocycles. The molecule has 2 fully saturated rings. The van der Waals surface area contributed by atoms with E-state index in [-0.39, 0.29) is 43.8 Å². The van der Waals surface area contributed by atoms with E-state index in [1.54, 1.807) is 18.2 Å². The van der Waals surface area contributed by atoms with Crippen LogP contribution < -0.4 is 5.32 Å². The van der Waals surface area contributed by atoms with Crippen LogP contribution in [0.15, 0.2) is 48.5 Å². The fourth-order valence-corrected chi connectivity index (χ4v) is 4.57. The number of halogens is 2. The number of nitrogens with one attached hydrogen (secondary N) is 1. The highest BCUT2D eigenvalue weighted by Crippen LogP contribution is 2.29. The van der Waals surface area contributed by atoms with Gasteiger partial charge in [-0.3, -0.25) is 9.59 Å². The van der Waals surface area contributed by atoms with E-state index in [1.165, 1.54) is 23.1 Å². The maximum Gasteiger partial charge on any atom is 0.257 e. The van der Waals surface area contributed by atoms with Gasteiger partial charge in [-0.2, -0.15) is 0 Å². The molecule has 34 heavy (non-hydrogen) atoms. The first kappa shape index (κ1) is 24.6. The molecule has 2 N–H and O–H groups in total. The number of β-amino-alcohol motifs (C(OH)–C–C–N with tert-alkyl or cyclic N) is 1. The van der Waals surface area contributed by atoms with E-state index < -0.39 is 30.0 Å². The van der Waals surface area contributed by atoms with Gasteiger partial charge < -0.3 is 24.8 Å². The molecule has 4 atom stereocenters. The summed E-state index contributed by atoms with van der Waals surface area (Å²) in [6.45, 7) is 0.621. The van der Waals surface area contributed by atoms with Crippen molar-refractivity contribution >= 4 is 23.4 Å². The zero-order valence-electron chi connectivity index (χ0n) is 18.7. The summed E-state index contributed by atoms with van der Waals surface area (Å²) in [5, 5.41) is 13.8. The third-order valence-electron chi connectivity index (χ3n) is 6.16. The minimum absolute atomic E-state index is 0.0178. The maximum absolute atomic E-state index is 14.3. The molecule has 2 aliphatic heterocycles. The first-order valence-corrected chi connectivity index (χ1v) is 11.8. The highest BCUT2D eigenvalue weighted by Gasteiger charge is 2.40. The molecule has 2 heterocycles.